The van der Waals surface area contributed by atoms with Crippen molar-refractivity contribution < 1.29 is 14.3 Å². The number of anilines is 1. The third-order valence-electron chi connectivity index (χ3n) is 3.38. The van der Waals surface area contributed by atoms with Gasteiger partial charge in [-0.15, -0.1) is 0 Å². The van der Waals surface area contributed by atoms with Gasteiger partial charge in [0.2, 0.25) is 5.91 Å². The Morgan fingerprint density at radius 2 is 1.96 bits per heavy atom. The number of ether oxygens (including phenoxy) is 2. The van der Waals surface area contributed by atoms with Crippen molar-refractivity contribution in [2.45, 2.75) is 6.92 Å². The smallest absolute Gasteiger partial charge is 0.248 e. The molecule has 0 saturated carbocycles. The van der Waals surface area contributed by atoms with Crippen LogP contribution >= 0.6 is 11.6 Å². The van der Waals surface area contributed by atoms with Crippen LogP contribution in [0.5, 0.6) is 11.5 Å². The molecule has 0 spiro atoms. The zero-order valence-corrected chi connectivity index (χ0v) is 14.0. The molecule has 2 aromatic carbocycles. The SMILES string of the molecule is COc1ccc(OC)c(C=CC(=O)Nc2cccc(Cl)c2C)c1. The standard InChI is InChI=1S/C18H18ClNO3/c1-12-15(19)5-4-6-16(12)20-18(21)10-7-13-11-14(22-2)8-9-17(13)23-3/h4-11H,1-3H3,(H,20,21). The van der Waals surface area contributed by atoms with Gasteiger partial charge in [0, 0.05) is 22.3 Å². The maximum Gasteiger partial charge on any atom is 0.248 e. The number of hydrogen-bond donors (Lipinski definition) is 1. The molecule has 0 aliphatic heterocycles. The molecule has 0 heterocycles. The number of methoxy groups -OCH3 is 2. The van der Waals surface area contributed by atoms with Crippen LogP contribution in [0.2, 0.25) is 5.02 Å². The number of nitrogens with one attached hydrogen (secondary N) is 1. The highest BCUT2D eigenvalue weighted by molar-refractivity contribution is 6.31. The highest BCUT2D eigenvalue weighted by Gasteiger charge is 2.06. The number of benzene rings is 2. The van der Waals surface area contributed by atoms with Crippen LogP contribution in [0.3, 0.4) is 0 Å². The molecule has 0 aromatic heterocycles. The predicted octanol–water partition coefficient (Wildman–Crippen LogP) is 4.32. The molecular formula is C18H18ClNO3. The summed E-state index contributed by atoms with van der Waals surface area (Å²) in [5.41, 5.74) is 2.27. The Hall–Kier alpha value is -2.46. The van der Waals surface area contributed by atoms with Gasteiger partial charge in [0.25, 0.3) is 0 Å². The van der Waals surface area contributed by atoms with Gasteiger partial charge < -0.3 is 14.8 Å². The van der Waals surface area contributed by atoms with Crippen LogP contribution in [0, 0.1) is 6.92 Å². The zero-order valence-electron chi connectivity index (χ0n) is 13.2. The average Bonchev–Trinajstić information content (AvgIpc) is 2.56. The summed E-state index contributed by atoms with van der Waals surface area (Å²) in [7, 11) is 3.17. The molecule has 0 bridgehead atoms. The first kappa shape index (κ1) is 16.9. The van der Waals surface area contributed by atoms with Gasteiger partial charge in [0.1, 0.15) is 11.5 Å². The normalized spacial score (nSPS) is 10.6. The van der Waals surface area contributed by atoms with Gasteiger partial charge in [0.05, 0.1) is 14.2 Å². The summed E-state index contributed by atoms with van der Waals surface area (Å²) in [6, 6.07) is 10.8. The Morgan fingerprint density at radius 3 is 2.65 bits per heavy atom. The van der Waals surface area contributed by atoms with Crippen molar-refractivity contribution in [3.8, 4) is 11.5 Å². The summed E-state index contributed by atoms with van der Waals surface area (Å²) in [4.78, 5) is 12.1. The Balaban J connectivity index is 2.16. The topological polar surface area (TPSA) is 47.6 Å². The lowest BCUT2D eigenvalue weighted by molar-refractivity contribution is -0.111. The first-order valence-electron chi connectivity index (χ1n) is 7.01. The first-order chi connectivity index (χ1) is 11.0. The molecule has 0 radical (unpaired) electrons. The number of carbonyl (C=O) groups is 1. The molecule has 0 aliphatic rings. The molecule has 1 amide bonds. The molecule has 2 rings (SSSR count). The van der Waals surface area contributed by atoms with Crippen LogP contribution < -0.4 is 14.8 Å². The van der Waals surface area contributed by atoms with E-state index in [9.17, 15) is 4.79 Å². The van der Waals surface area contributed by atoms with E-state index < -0.39 is 0 Å². The van der Waals surface area contributed by atoms with Gasteiger partial charge in [0.15, 0.2) is 0 Å². The molecule has 23 heavy (non-hydrogen) atoms. The van der Waals surface area contributed by atoms with Gasteiger partial charge in [-0.25, -0.2) is 0 Å². The molecule has 0 fully saturated rings. The largest absolute Gasteiger partial charge is 0.497 e. The highest BCUT2D eigenvalue weighted by Crippen LogP contribution is 2.25. The van der Waals surface area contributed by atoms with Gasteiger partial charge in [-0.2, -0.15) is 0 Å². The van der Waals surface area contributed by atoms with E-state index in [0.717, 1.165) is 11.1 Å². The molecular weight excluding hydrogens is 314 g/mol. The Labute approximate surface area is 140 Å². The predicted molar refractivity (Wildman–Crippen MR) is 93.4 cm³/mol. The van der Waals surface area contributed by atoms with Crippen molar-refractivity contribution in [2.75, 3.05) is 19.5 Å². The van der Waals surface area contributed by atoms with Gasteiger partial charge in [-0.05, 0) is 48.9 Å². The Kier molecular flexibility index (Phi) is 5.66. The Morgan fingerprint density at radius 1 is 1.17 bits per heavy atom. The highest BCUT2D eigenvalue weighted by atomic mass is 35.5. The lowest BCUT2D eigenvalue weighted by atomic mass is 10.1. The summed E-state index contributed by atoms with van der Waals surface area (Å²) in [5.74, 6) is 1.10. The average molecular weight is 332 g/mol. The fourth-order valence-corrected chi connectivity index (χ4v) is 2.23. The maximum atomic E-state index is 12.1. The second-order valence-corrected chi connectivity index (χ2v) is 5.25. The zero-order chi connectivity index (χ0) is 16.8. The monoisotopic (exact) mass is 331 g/mol. The summed E-state index contributed by atoms with van der Waals surface area (Å²) >= 11 is 6.04. The number of carbonyl (C=O) groups excluding carboxylic acids is 1. The van der Waals surface area contributed by atoms with Crippen molar-refractivity contribution in [3.63, 3.8) is 0 Å². The molecule has 0 unspecified atom stereocenters. The second-order valence-electron chi connectivity index (χ2n) is 4.84. The van der Waals surface area contributed by atoms with Crippen LogP contribution in [0.4, 0.5) is 5.69 Å². The van der Waals surface area contributed by atoms with Crippen LogP contribution in [-0.2, 0) is 4.79 Å². The number of halogens is 1. The lowest BCUT2D eigenvalue weighted by Crippen LogP contribution is -2.09. The van der Waals surface area contributed by atoms with E-state index in [0.29, 0.717) is 22.2 Å². The van der Waals surface area contributed by atoms with E-state index >= 15 is 0 Å². The number of hydrogen-bond acceptors (Lipinski definition) is 3. The van der Waals surface area contributed by atoms with Crippen molar-refractivity contribution in [3.05, 3.63) is 58.6 Å². The summed E-state index contributed by atoms with van der Waals surface area (Å²) in [6.07, 6.45) is 3.12. The maximum absolute atomic E-state index is 12.1. The summed E-state index contributed by atoms with van der Waals surface area (Å²) in [5, 5.41) is 3.42. The molecule has 0 saturated heterocycles. The number of amides is 1. The molecule has 120 valence electrons. The number of rotatable bonds is 5. The van der Waals surface area contributed by atoms with Crippen molar-refractivity contribution >= 4 is 29.3 Å². The minimum Gasteiger partial charge on any atom is -0.497 e. The third kappa shape index (κ3) is 4.27. The van der Waals surface area contributed by atoms with E-state index in [1.165, 1.54) is 6.08 Å². The first-order valence-corrected chi connectivity index (χ1v) is 7.39. The quantitative estimate of drug-likeness (QED) is 0.830. The van der Waals surface area contributed by atoms with E-state index in [-0.39, 0.29) is 5.91 Å². The van der Waals surface area contributed by atoms with Gasteiger partial charge in [-0.3, -0.25) is 4.79 Å². The fourth-order valence-electron chi connectivity index (χ4n) is 2.05. The van der Waals surface area contributed by atoms with Crippen LogP contribution in [0.15, 0.2) is 42.5 Å². The molecule has 0 atom stereocenters. The lowest BCUT2D eigenvalue weighted by Gasteiger charge is -2.08. The van der Waals surface area contributed by atoms with E-state index in [1.807, 2.05) is 6.92 Å². The summed E-state index contributed by atoms with van der Waals surface area (Å²) < 4.78 is 10.5. The van der Waals surface area contributed by atoms with E-state index in [4.69, 9.17) is 21.1 Å². The van der Waals surface area contributed by atoms with Gasteiger partial charge >= 0.3 is 0 Å². The second kappa shape index (κ2) is 7.70. The molecule has 2 aromatic rings. The summed E-state index contributed by atoms with van der Waals surface area (Å²) in [6.45, 7) is 1.85. The minimum atomic E-state index is -0.250. The van der Waals surface area contributed by atoms with E-state index in [2.05, 4.69) is 5.32 Å². The van der Waals surface area contributed by atoms with Crippen molar-refractivity contribution in [2.24, 2.45) is 0 Å². The van der Waals surface area contributed by atoms with Gasteiger partial charge in [-0.1, -0.05) is 17.7 Å². The van der Waals surface area contributed by atoms with Crippen LogP contribution in [-0.4, -0.2) is 20.1 Å². The van der Waals surface area contributed by atoms with Crippen molar-refractivity contribution in [1.29, 1.82) is 0 Å². The molecule has 1 N–H and O–H groups in total. The van der Waals surface area contributed by atoms with Crippen molar-refractivity contribution in [1.82, 2.24) is 0 Å². The molecule has 4 nitrogen and oxygen atoms in total. The Bertz CT molecular complexity index is 741. The molecule has 5 heteroatoms. The molecule has 0 aliphatic carbocycles. The fraction of sp³-hybridized carbons (Fsp3) is 0.167. The minimum absolute atomic E-state index is 0.250. The third-order valence-corrected chi connectivity index (χ3v) is 3.79. The van der Waals surface area contributed by atoms with Crippen LogP contribution in [0.1, 0.15) is 11.1 Å². The van der Waals surface area contributed by atoms with E-state index in [1.54, 1.807) is 56.7 Å². The van der Waals surface area contributed by atoms with Crippen LogP contribution in [0.25, 0.3) is 6.08 Å².